The fourth-order valence-electron chi connectivity index (χ4n) is 2.80. The maximum absolute atomic E-state index is 12.7. The molecule has 0 fully saturated rings. The molecule has 7 heteroatoms. The van der Waals surface area contributed by atoms with Crippen molar-refractivity contribution in [3.8, 4) is 5.75 Å². The summed E-state index contributed by atoms with van der Waals surface area (Å²) in [5, 5.41) is 3.58. The molecular weight excluding hydrogens is 378 g/mol. The second kappa shape index (κ2) is 8.84. The molecule has 0 unspecified atom stereocenters. The highest BCUT2D eigenvalue weighted by atomic mass is 32.2. The van der Waals surface area contributed by atoms with E-state index >= 15 is 0 Å². The summed E-state index contributed by atoms with van der Waals surface area (Å²) in [6.07, 6.45) is 0.938. The third-order valence-electron chi connectivity index (χ3n) is 4.19. The Morgan fingerprint density at radius 2 is 1.86 bits per heavy atom. The van der Waals surface area contributed by atoms with Crippen LogP contribution in [-0.4, -0.2) is 31.3 Å². The zero-order valence-electron chi connectivity index (χ0n) is 15.9. The summed E-state index contributed by atoms with van der Waals surface area (Å²) < 4.78 is 16.3. The third kappa shape index (κ3) is 4.14. The molecule has 0 saturated heterocycles. The predicted molar refractivity (Wildman–Crippen MR) is 110 cm³/mol. The number of rotatable bonds is 7. The molecule has 0 aliphatic rings. The van der Waals surface area contributed by atoms with Crippen LogP contribution in [0.2, 0.25) is 0 Å². The minimum Gasteiger partial charge on any atom is -0.495 e. The number of amides is 1. The number of furan rings is 1. The van der Waals surface area contributed by atoms with Gasteiger partial charge in [-0.1, -0.05) is 30.3 Å². The Labute approximate surface area is 167 Å². The topological polar surface area (TPSA) is 77.8 Å². The van der Waals surface area contributed by atoms with Crippen LogP contribution in [0.15, 0.2) is 52.9 Å². The van der Waals surface area contributed by atoms with E-state index in [0.29, 0.717) is 22.8 Å². The largest absolute Gasteiger partial charge is 0.495 e. The van der Waals surface area contributed by atoms with Crippen molar-refractivity contribution >= 4 is 40.3 Å². The van der Waals surface area contributed by atoms with E-state index in [-0.39, 0.29) is 5.76 Å². The van der Waals surface area contributed by atoms with Crippen LogP contribution in [0.5, 0.6) is 5.75 Å². The molecule has 3 rings (SSSR count). The van der Waals surface area contributed by atoms with Gasteiger partial charge in [-0.2, -0.15) is 11.8 Å². The number of methoxy groups -OCH3 is 1. The molecule has 0 radical (unpaired) electrons. The predicted octanol–water partition coefficient (Wildman–Crippen LogP) is 4.49. The second-order valence-electron chi connectivity index (χ2n) is 6.08. The Balaban J connectivity index is 1.76. The summed E-state index contributed by atoms with van der Waals surface area (Å²) in [4.78, 5) is 25.1. The number of para-hydroxylation sites is 3. The minimum absolute atomic E-state index is 0.132. The molecular formula is C21H21NO5S. The smallest absolute Gasteiger partial charge is 0.375 e. The van der Waals surface area contributed by atoms with Crippen LogP contribution in [0.4, 0.5) is 5.69 Å². The number of fused-ring (bicyclic) bond motifs is 1. The first-order chi connectivity index (χ1) is 13.5. The van der Waals surface area contributed by atoms with Crippen molar-refractivity contribution in [2.75, 3.05) is 18.7 Å². The summed E-state index contributed by atoms with van der Waals surface area (Å²) in [6, 6.07) is 14.4. The van der Waals surface area contributed by atoms with Gasteiger partial charge < -0.3 is 19.2 Å². The number of ether oxygens (including phenoxy) is 2. The molecule has 28 heavy (non-hydrogen) atoms. The van der Waals surface area contributed by atoms with E-state index in [4.69, 9.17) is 13.9 Å². The molecule has 2 aromatic carbocycles. The number of carbonyl (C=O) groups is 2. The van der Waals surface area contributed by atoms with E-state index < -0.39 is 18.0 Å². The lowest BCUT2D eigenvalue weighted by Gasteiger charge is -2.14. The minimum atomic E-state index is -1.01. The van der Waals surface area contributed by atoms with Crippen LogP contribution < -0.4 is 10.1 Å². The van der Waals surface area contributed by atoms with Crippen molar-refractivity contribution in [3.63, 3.8) is 0 Å². The van der Waals surface area contributed by atoms with Gasteiger partial charge in [0.2, 0.25) is 5.76 Å². The van der Waals surface area contributed by atoms with Crippen molar-refractivity contribution in [2.24, 2.45) is 0 Å². The SMILES string of the molecule is COc1ccccc1NC(=O)[C@@H](C)OC(=O)c1oc2ccccc2c1CSC. The second-order valence-corrected chi connectivity index (χ2v) is 6.94. The number of hydrogen-bond acceptors (Lipinski definition) is 6. The quantitative estimate of drug-likeness (QED) is 0.590. The first-order valence-corrected chi connectivity index (χ1v) is 10.1. The van der Waals surface area contributed by atoms with Crippen LogP contribution in [0.3, 0.4) is 0 Å². The Kier molecular flexibility index (Phi) is 6.26. The van der Waals surface area contributed by atoms with Crippen LogP contribution in [0.1, 0.15) is 23.0 Å². The highest BCUT2D eigenvalue weighted by Crippen LogP contribution is 2.29. The van der Waals surface area contributed by atoms with Crippen LogP contribution in [-0.2, 0) is 15.3 Å². The molecule has 6 nitrogen and oxygen atoms in total. The summed E-state index contributed by atoms with van der Waals surface area (Å²) in [7, 11) is 1.52. The van der Waals surface area contributed by atoms with E-state index in [2.05, 4.69) is 5.32 Å². The molecule has 146 valence electrons. The molecule has 0 spiro atoms. The molecule has 1 atom stereocenters. The lowest BCUT2D eigenvalue weighted by molar-refractivity contribution is -0.123. The van der Waals surface area contributed by atoms with E-state index in [1.54, 1.807) is 42.1 Å². The van der Waals surface area contributed by atoms with Crippen molar-refractivity contribution in [3.05, 3.63) is 59.9 Å². The van der Waals surface area contributed by atoms with Crippen molar-refractivity contribution in [1.82, 2.24) is 0 Å². The number of nitrogens with one attached hydrogen (secondary N) is 1. The van der Waals surface area contributed by atoms with Gasteiger partial charge in [0.15, 0.2) is 6.10 Å². The number of carbonyl (C=O) groups excluding carboxylic acids is 2. The summed E-state index contributed by atoms with van der Waals surface area (Å²) in [5.41, 5.74) is 1.89. The number of esters is 1. The average Bonchev–Trinajstić information content (AvgIpc) is 3.07. The van der Waals surface area contributed by atoms with Crippen molar-refractivity contribution in [1.29, 1.82) is 0 Å². The van der Waals surface area contributed by atoms with E-state index in [1.165, 1.54) is 14.0 Å². The van der Waals surface area contributed by atoms with Gasteiger partial charge in [-0.25, -0.2) is 4.79 Å². The van der Waals surface area contributed by atoms with Gasteiger partial charge in [0.1, 0.15) is 11.3 Å². The fraction of sp³-hybridized carbons (Fsp3) is 0.238. The van der Waals surface area contributed by atoms with Gasteiger partial charge in [0, 0.05) is 16.7 Å². The molecule has 0 aliphatic heterocycles. The molecule has 0 saturated carbocycles. The third-order valence-corrected chi connectivity index (χ3v) is 4.77. The Bertz CT molecular complexity index is 997. The molecule has 1 amide bonds. The molecule has 0 aliphatic carbocycles. The highest BCUT2D eigenvalue weighted by molar-refractivity contribution is 7.97. The standard InChI is InChI=1S/C21H21NO5S/c1-13(20(23)22-16-9-5-7-11-18(16)25-2)26-21(24)19-15(12-28-3)14-8-4-6-10-17(14)27-19/h4-11,13H,12H2,1-3H3,(H,22,23)/t13-/m1/s1. The van der Waals surface area contributed by atoms with Crippen molar-refractivity contribution in [2.45, 2.75) is 18.8 Å². The average molecular weight is 399 g/mol. The van der Waals surface area contributed by atoms with E-state index in [9.17, 15) is 9.59 Å². The van der Waals surface area contributed by atoms with Gasteiger partial charge >= 0.3 is 5.97 Å². The Morgan fingerprint density at radius 1 is 1.14 bits per heavy atom. The fourth-order valence-corrected chi connectivity index (χ4v) is 3.38. The molecule has 0 bridgehead atoms. The highest BCUT2D eigenvalue weighted by Gasteiger charge is 2.26. The maximum Gasteiger partial charge on any atom is 0.375 e. The van der Waals surface area contributed by atoms with Gasteiger partial charge in [-0.3, -0.25) is 4.79 Å². The van der Waals surface area contributed by atoms with E-state index in [0.717, 1.165) is 10.9 Å². The van der Waals surface area contributed by atoms with Crippen LogP contribution in [0, 0.1) is 0 Å². The van der Waals surface area contributed by atoms with Crippen LogP contribution >= 0.6 is 11.8 Å². The zero-order valence-corrected chi connectivity index (χ0v) is 16.7. The number of anilines is 1. The lowest BCUT2D eigenvalue weighted by Crippen LogP contribution is -2.30. The monoisotopic (exact) mass is 399 g/mol. The van der Waals surface area contributed by atoms with E-state index in [1.807, 2.05) is 24.5 Å². The maximum atomic E-state index is 12.7. The van der Waals surface area contributed by atoms with Gasteiger partial charge in [-0.05, 0) is 31.4 Å². The number of thioether (sulfide) groups is 1. The lowest BCUT2D eigenvalue weighted by atomic mass is 10.1. The summed E-state index contributed by atoms with van der Waals surface area (Å²) in [5.74, 6) is 0.133. The molecule has 1 aromatic heterocycles. The van der Waals surface area contributed by atoms with Gasteiger partial charge in [-0.15, -0.1) is 0 Å². The summed E-state index contributed by atoms with van der Waals surface area (Å²) in [6.45, 7) is 1.51. The summed E-state index contributed by atoms with van der Waals surface area (Å²) >= 11 is 1.58. The van der Waals surface area contributed by atoms with Crippen LogP contribution in [0.25, 0.3) is 11.0 Å². The Hall–Kier alpha value is -2.93. The zero-order chi connectivity index (χ0) is 20.1. The van der Waals surface area contributed by atoms with Gasteiger partial charge in [0.25, 0.3) is 5.91 Å². The molecule has 1 heterocycles. The van der Waals surface area contributed by atoms with Crippen molar-refractivity contribution < 1.29 is 23.5 Å². The normalized spacial score (nSPS) is 11.8. The number of benzene rings is 2. The number of hydrogen-bond donors (Lipinski definition) is 1. The Morgan fingerprint density at radius 3 is 2.61 bits per heavy atom. The van der Waals surface area contributed by atoms with Gasteiger partial charge in [0.05, 0.1) is 12.8 Å². The first-order valence-electron chi connectivity index (χ1n) is 8.69. The first kappa shape index (κ1) is 19.8. The molecule has 3 aromatic rings. The molecule has 1 N–H and O–H groups in total.